The zero-order valence-corrected chi connectivity index (χ0v) is 8.98. The lowest BCUT2D eigenvalue weighted by atomic mass is 10.2. The van der Waals surface area contributed by atoms with E-state index in [0.717, 1.165) is 0 Å². The van der Waals surface area contributed by atoms with Crippen molar-refractivity contribution in [2.75, 3.05) is 18.5 Å². The number of anilines is 1. The Morgan fingerprint density at radius 3 is 3.00 bits per heavy atom. The molecule has 0 atom stereocenters. The lowest BCUT2D eigenvalue weighted by molar-refractivity contribution is 0.0550. The van der Waals surface area contributed by atoms with E-state index in [2.05, 4.69) is 23.5 Å². The highest BCUT2D eigenvalue weighted by Crippen LogP contribution is 2.12. The van der Waals surface area contributed by atoms with Gasteiger partial charge in [0, 0.05) is 12.7 Å². The zero-order chi connectivity index (χ0) is 11.8. The van der Waals surface area contributed by atoms with E-state index in [9.17, 15) is 4.79 Å². The van der Waals surface area contributed by atoms with E-state index in [1.54, 1.807) is 24.4 Å². The van der Waals surface area contributed by atoms with Gasteiger partial charge in [-0.2, -0.15) is 0 Å². The molecule has 0 fully saturated rings. The van der Waals surface area contributed by atoms with Crippen molar-refractivity contribution in [3.63, 3.8) is 0 Å². The summed E-state index contributed by atoms with van der Waals surface area (Å²) in [5.74, 6) is 0.0797. The third-order valence-corrected chi connectivity index (χ3v) is 1.77. The van der Waals surface area contributed by atoms with E-state index in [0.29, 0.717) is 17.9 Å². The third-order valence-electron chi connectivity index (χ3n) is 1.77. The smallest absolute Gasteiger partial charge is 0.342 e. The molecule has 0 unspecified atom stereocenters. The van der Waals surface area contributed by atoms with Crippen molar-refractivity contribution < 1.29 is 9.53 Å². The van der Waals surface area contributed by atoms with Gasteiger partial charge in [0.25, 0.3) is 0 Å². The first kappa shape index (κ1) is 12.0. The molecule has 0 bridgehead atoms. The highest BCUT2D eigenvalue weighted by atomic mass is 16.5. The van der Waals surface area contributed by atoms with Gasteiger partial charge >= 0.3 is 5.97 Å². The predicted octanol–water partition coefficient (Wildman–Crippen LogP) is 2.02. The van der Waals surface area contributed by atoms with Gasteiger partial charge in [-0.25, -0.2) is 9.78 Å². The Morgan fingerprint density at radius 1 is 1.50 bits per heavy atom. The van der Waals surface area contributed by atoms with Gasteiger partial charge < -0.3 is 10.1 Å². The quantitative estimate of drug-likeness (QED) is 0.586. The van der Waals surface area contributed by atoms with Crippen LogP contribution in [0.25, 0.3) is 0 Å². The number of rotatable bonds is 6. The van der Waals surface area contributed by atoms with Gasteiger partial charge in [0.1, 0.15) is 18.0 Å². The second kappa shape index (κ2) is 6.40. The van der Waals surface area contributed by atoms with Gasteiger partial charge in [-0.15, -0.1) is 6.58 Å². The molecule has 1 aromatic heterocycles. The molecule has 0 spiro atoms. The van der Waals surface area contributed by atoms with Crippen molar-refractivity contribution in [2.45, 2.75) is 0 Å². The van der Waals surface area contributed by atoms with Crippen molar-refractivity contribution >= 4 is 11.8 Å². The lowest BCUT2D eigenvalue weighted by Crippen LogP contribution is -2.11. The maximum Gasteiger partial charge on any atom is 0.342 e. The molecule has 1 heterocycles. The summed E-state index contributed by atoms with van der Waals surface area (Å²) in [6, 6.07) is 3.34. The van der Waals surface area contributed by atoms with Crippen LogP contribution in [0.4, 0.5) is 5.82 Å². The lowest BCUT2D eigenvalue weighted by Gasteiger charge is -2.08. The largest absolute Gasteiger partial charge is 0.458 e. The van der Waals surface area contributed by atoms with Crippen molar-refractivity contribution in [1.82, 2.24) is 4.98 Å². The van der Waals surface area contributed by atoms with E-state index in [1.807, 2.05) is 0 Å². The molecular weight excluding hydrogens is 204 g/mol. The fourth-order valence-electron chi connectivity index (χ4n) is 1.09. The number of hydrogen-bond acceptors (Lipinski definition) is 4. The van der Waals surface area contributed by atoms with Crippen molar-refractivity contribution in [2.24, 2.45) is 0 Å². The van der Waals surface area contributed by atoms with Gasteiger partial charge in [0.15, 0.2) is 0 Å². The van der Waals surface area contributed by atoms with Gasteiger partial charge in [0.2, 0.25) is 0 Å². The summed E-state index contributed by atoms with van der Waals surface area (Å²) in [5, 5.41) is 2.96. The Kier molecular flexibility index (Phi) is 4.79. The minimum absolute atomic E-state index is 0.189. The van der Waals surface area contributed by atoms with Crippen molar-refractivity contribution in [3.05, 3.63) is 49.2 Å². The SMILES string of the molecule is C=CCNc1ncccc1C(=O)OCC=C. The molecule has 4 heteroatoms. The molecule has 0 aromatic carbocycles. The van der Waals surface area contributed by atoms with E-state index in [-0.39, 0.29) is 6.61 Å². The summed E-state index contributed by atoms with van der Waals surface area (Å²) >= 11 is 0. The molecule has 0 amide bonds. The topological polar surface area (TPSA) is 51.2 Å². The molecule has 0 saturated heterocycles. The average molecular weight is 218 g/mol. The monoisotopic (exact) mass is 218 g/mol. The molecular formula is C12H14N2O2. The van der Waals surface area contributed by atoms with Gasteiger partial charge in [-0.3, -0.25) is 0 Å². The van der Waals surface area contributed by atoms with E-state index < -0.39 is 5.97 Å². The normalized spacial score (nSPS) is 9.25. The second-order valence-corrected chi connectivity index (χ2v) is 2.96. The van der Waals surface area contributed by atoms with Crippen LogP contribution in [0.3, 0.4) is 0 Å². The Morgan fingerprint density at radius 2 is 2.31 bits per heavy atom. The summed E-state index contributed by atoms with van der Waals surface area (Å²) in [7, 11) is 0. The minimum Gasteiger partial charge on any atom is -0.458 e. The first-order valence-corrected chi connectivity index (χ1v) is 4.87. The van der Waals surface area contributed by atoms with Crippen molar-refractivity contribution in [3.8, 4) is 0 Å². The highest BCUT2D eigenvalue weighted by molar-refractivity contribution is 5.94. The fraction of sp³-hybridized carbons (Fsp3) is 0.167. The van der Waals surface area contributed by atoms with Crippen LogP contribution < -0.4 is 5.32 Å². The molecule has 84 valence electrons. The molecule has 0 aliphatic carbocycles. The number of nitrogens with one attached hydrogen (secondary N) is 1. The number of pyridine rings is 1. The van der Waals surface area contributed by atoms with Gasteiger partial charge in [-0.05, 0) is 12.1 Å². The molecule has 1 rings (SSSR count). The molecule has 0 saturated carbocycles. The summed E-state index contributed by atoms with van der Waals surface area (Å²) in [6.07, 6.45) is 4.81. The van der Waals surface area contributed by atoms with Crippen LogP contribution in [0.1, 0.15) is 10.4 Å². The maximum atomic E-state index is 11.6. The Bertz CT molecular complexity index is 388. The number of hydrogen-bond donors (Lipinski definition) is 1. The Balaban J connectivity index is 2.80. The molecule has 0 aliphatic heterocycles. The van der Waals surface area contributed by atoms with Crippen LogP contribution in [-0.2, 0) is 4.74 Å². The second-order valence-electron chi connectivity index (χ2n) is 2.96. The van der Waals surface area contributed by atoms with Crippen molar-refractivity contribution in [1.29, 1.82) is 0 Å². The zero-order valence-electron chi connectivity index (χ0n) is 8.98. The molecule has 0 aliphatic rings. The van der Waals surface area contributed by atoms with Crippen LogP contribution in [0, 0.1) is 0 Å². The van der Waals surface area contributed by atoms with Gasteiger partial charge in [-0.1, -0.05) is 18.7 Å². The van der Waals surface area contributed by atoms with E-state index >= 15 is 0 Å². The molecule has 16 heavy (non-hydrogen) atoms. The molecule has 4 nitrogen and oxygen atoms in total. The van der Waals surface area contributed by atoms with Crippen LogP contribution in [0.15, 0.2) is 43.6 Å². The summed E-state index contributed by atoms with van der Waals surface area (Å²) in [4.78, 5) is 15.7. The van der Waals surface area contributed by atoms with Gasteiger partial charge in [0.05, 0.1) is 0 Å². The first-order chi connectivity index (χ1) is 7.79. The number of ether oxygens (including phenoxy) is 1. The average Bonchev–Trinajstić information content (AvgIpc) is 2.33. The van der Waals surface area contributed by atoms with Crippen LogP contribution >= 0.6 is 0 Å². The number of nitrogens with zero attached hydrogens (tertiary/aromatic N) is 1. The van der Waals surface area contributed by atoms with E-state index in [1.165, 1.54) is 6.08 Å². The minimum atomic E-state index is -0.417. The van der Waals surface area contributed by atoms with Crippen LogP contribution in [0.2, 0.25) is 0 Å². The maximum absolute atomic E-state index is 11.6. The summed E-state index contributed by atoms with van der Waals surface area (Å²) in [5.41, 5.74) is 0.409. The molecule has 1 N–H and O–H groups in total. The number of carbonyl (C=O) groups is 1. The van der Waals surface area contributed by atoms with Crippen LogP contribution in [0.5, 0.6) is 0 Å². The third kappa shape index (κ3) is 3.24. The Labute approximate surface area is 94.7 Å². The van der Waals surface area contributed by atoms with E-state index in [4.69, 9.17) is 4.74 Å². The predicted molar refractivity (Wildman–Crippen MR) is 63.4 cm³/mol. The summed E-state index contributed by atoms with van der Waals surface area (Å²) < 4.78 is 4.94. The number of esters is 1. The number of aromatic nitrogens is 1. The number of carbonyl (C=O) groups excluding carboxylic acids is 1. The first-order valence-electron chi connectivity index (χ1n) is 4.87. The highest BCUT2D eigenvalue weighted by Gasteiger charge is 2.12. The molecule has 0 radical (unpaired) electrons. The van der Waals surface area contributed by atoms with Crippen LogP contribution in [-0.4, -0.2) is 24.1 Å². The standard InChI is InChI=1S/C12H14N2O2/c1-3-7-13-11-10(6-5-8-14-11)12(15)16-9-4-2/h3-6,8H,1-2,7,9H2,(H,13,14). The molecule has 1 aromatic rings. The fourth-order valence-corrected chi connectivity index (χ4v) is 1.09. The Hall–Kier alpha value is -2.10. The summed E-state index contributed by atoms with van der Waals surface area (Å²) in [6.45, 7) is 7.79.